The van der Waals surface area contributed by atoms with Crippen molar-refractivity contribution in [3.63, 3.8) is 0 Å². The monoisotopic (exact) mass is 428 g/mol. The Bertz CT molecular complexity index is 882. The molecule has 1 saturated heterocycles. The van der Waals surface area contributed by atoms with Crippen LogP contribution in [0.1, 0.15) is 33.2 Å². The average Bonchev–Trinajstić information content (AvgIpc) is 2.69. The third kappa shape index (κ3) is 4.11. The van der Waals surface area contributed by atoms with Gasteiger partial charge in [-0.15, -0.1) is 0 Å². The first-order chi connectivity index (χ1) is 12.9. The molecule has 2 amide bonds. The van der Waals surface area contributed by atoms with Crippen LogP contribution in [-0.2, 0) is 4.79 Å². The van der Waals surface area contributed by atoms with Crippen molar-refractivity contribution in [2.75, 3.05) is 19.6 Å². The van der Waals surface area contributed by atoms with E-state index < -0.39 is 11.7 Å². The Morgan fingerprint density at radius 3 is 2.33 bits per heavy atom. The number of piperazine rings is 1. The van der Waals surface area contributed by atoms with Crippen LogP contribution in [0.5, 0.6) is 0 Å². The minimum atomic E-state index is -0.518. The molecule has 1 aliphatic heterocycles. The van der Waals surface area contributed by atoms with Crippen molar-refractivity contribution in [2.24, 2.45) is 0 Å². The van der Waals surface area contributed by atoms with E-state index in [0.29, 0.717) is 30.8 Å². The van der Waals surface area contributed by atoms with Crippen LogP contribution in [0.3, 0.4) is 0 Å². The lowest BCUT2D eigenvalue weighted by Gasteiger charge is -2.39. The Labute approximate surface area is 167 Å². The van der Waals surface area contributed by atoms with Gasteiger partial charge in [0.05, 0.1) is 0 Å². The Hall–Kier alpha value is -2.47. The van der Waals surface area contributed by atoms with E-state index in [2.05, 4.69) is 15.9 Å². The lowest BCUT2D eigenvalue weighted by atomic mass is 10.1. The third-order valence-corrected chi connectivity index (χ3v) is 5.70. The predicted octanol–water partition coefficient (Wildman–Crippen LogP) is 3.31. The standard InChI is InChI=1S/C21H21BrN2O3/c1-14-12-17(8-9-18(14)22)19(25)21(27)24-11-10-23(13-15(24)2)20(26)16-6-4-3-5-7-16/h3-9,12,15H,10-11,13H2,1-2H3/t15-/m1/s1. The number of hydrogen-bond acceptors (Lipinski definition) is 3. The number of carbonyl (C=O) groups excluding carboxylic acids is 3. The summed E-state index contributed by atoms with van der Waals surface area (Å²) in [7, 11) is 0. The number of ketones is 1. The van der Waals surface area contributed by atoms with E-state index in [9.17, 15) is 14.4 Å². The minimum Gasteiger partial charge on any atom is -0.335 e. The van der Waals surface area contributed by atoms with Crippen LogP contribution in [0.25, 0.3) is 0 Å². The molecule has 6 heteroatoms. The topological polar surface area (TPSA) is 57.7 Å². The van der Waals surface area contributed by atoms with Crippen LogP contribution in [-0.4, -0.2) is 53.1 Å². The Morgan fingerprint density at radius 2 is 1.70 bits per heavy atom. The van der Waals surface area contributed by atoms with Gasteiger partial charge in [-0.1, -0.05) is 34.1 Å². The molecule has 27 heavy (non-hydrogen) atoms. The van der Waals surface area contributed by atoms with Crippen molar-refractivity contribution in [3.05, 3.63) is 69.7 Å². The highest BCUT2D eigenvalue weighted by Gasteiger charge is 2.33. The molecule has 0 bridgehead atoms. The molecule has 0 N–H and O–H groups in total. The first-order valence-electron chi connectivity index (χ1n) is 8.84. The Balaban J connectivity index is 1.68. The zero-order valence-electron chi connectivity index (χ0n) is 15.3. The summed E-state index contributed by atoms with van der Waals surface area (Å²) in [6.07, 6.45) is 0. The molecule has 1 heterocycles. The maximum absolute atomic E-state index is 12.7. The van der Waals surface area contributed by atoms with E-state index in [1.54, 1.807) is 40.1 Å². The van der Waals surface area contributed by atoms with Crippen molar-refractivity contribution >= 4 is 33.5 Å². The SMILES string of the molecule is Cc1cc(C(=O)C(=O)N2CCN(C(=O)c3ccccc3)C[C@H]2C)ccc1Br. The number of halogens is 1. The molecule has 3 rings (SSSR count). The molecule has 1 aliphatic rings. The molecule has 0 unspecified atom stereocenters. The summed E-state index contributed by atoms with van der Waals surface area (Å²) in [6.45, 7) is 4.91. The first-order valence-corrected chi connectivity index (χ1v) is 9.63. The van der Waals surface area contributed by atoms with Gasteiger partial charge in [0.25, 0.3) is 11.8 Å². The van der Waals surface area contributed by atoms with E-state index in [0.717, 1.165) is 10.0 Å². The Kier molecular flexibility index (Phi) is 5.75. The Morgan fingerprint density at radius 1 is 1.00 bits per heavy atom. The van der Waals surface area contributed by atoms with E-state index in [-0.39, 0.29) is 11.9 Å². The zero-order valence-corrected chi connectivity index (χ0v) is 16.9. The van der Waals surface area contributed by atoms with Crippen molar-refractivity contribution < 1.29 is 14.4 Å². The molecular formula is C21H21BrN2O3. The number of rotatable bonds is 3. The number of amides is 2. The summed E-state index contributed by atoms with van der Waals surface area (Å²) in [5.41, 5.74) is 1.92. The number of Topliss-reactive ketones (excluding diaryl/α,β-unsaturated/α-hetero) is 1. The summed E-state index contributed by atoms with van der Waals surface area (Å²) < 4.78 is 0.896. The summed E-state index contributed by atoms with van der Waals surface area (Å²) in [5.74, 6) is -1.08. The normalized spacial score (nSPS) is 16.9. The third-order valence-electron chi connectivity index (χ3n) is 4.81. The number of benzene rings is 2. The van der Waals surface area contributed by atoms with Gasteiger partial charge in [0.15, 0.2) is 0 Å². The zero-order chi connectivity index (χ0) is 19.6. The molecule has 0 aliphatic carbocycles. The van der Waals surface area contributed by atoms with E-state index >= 15 is 0 Å². The molecule has 2 aromatic carbocycles. The average molecular weight is 429 g/mol. The van der Waals surface area contributed by atoms with Crippen molar-refractivity contribution in [2.45, 2.75) is 19.9 Å². The molecule has 140 valence electrons. The number of carbonyl (C=O) groups is 3. The number of hydrogen-bond donors (Lipinski definition) is 0. The maximum atomic E-state index is 12.7. The minimum absolute atomic E-state index is 0.0515. The van der Waals surface area contributed by atoms with Gasteiger partial charge in [0, 0.05) is 41.3 Å². The molecule has 2 aromatic rings. The fourth-order valence-corrected chi connectivity index (χ4v) is 3.49. The molecular weight excluding hydrogens is 408 g/mol. The van der Waals surface area contributed by atoms with Crippen molar-refractivity contribution in [3.8, 4) is 0 Å². The van der Waals surface area contributed by atoms with Gasteiger partial charge in [0.1, 0.15) is 0 Å². The van der Waals surface area contributed by atoms with E-state index in [1.165, 1.54) is 0 Å². The van der Waals surface area contributed by atoms with Gasteiger partial charge < -0.3 is 9.80 Å². The largest absolute Gasteiger partial charge is 0.335 e. The number of aryl methyl sites for hydroxylation is 1. The first kappa shape index (κ1) is 19.3. The fraction of sp³-hybridized carbons (Fsp3) is 0.286. The highest BCUT2D eigenvalue weighted by molar-refractivity contribution is 9.10. The van der Waals surface area contributed by atoms with Crippen LogP contribution in [0.2, 0.25) is 0 Å². The van der Waals surface area contributed by atoms with Crippen molar-refractivity contribution in [1.29, 1.82) is 0 Å². The van der Waals surface area contributed by atoms with Gasteiger partial charge in [-0.2, -0.15) is 0 Å². The molecule has 5 nitrogen and oxygen atoms in total. The quantitative estimate of drug-likeness (QED) is 0.556. The second-order valence-electron chi connectivity index (χ2n) is 6.76. The maximum Gasteiger partial charge on any atom is 0.295 e. The van der Waals surface area contributed by atoms with Crippen LogP contribution in [0, 0.1) is 6.92 Å². The molecule has 1 fully saturated rings. The molecule has 0 aromatic heterocycles. The van der Waals surface area contributed by atoms with Gasteiger partial charge >= 0.3 is 0 Å². The van der Waals surface area contributed by atoms with Crippen molar-refractivity contribution in [1.82, 2.24) is 9.80 Å². The summed E-state index contributed by atoms with van der Waals surface area (Å²) in [6, 6.07) is 14.0. The highest BCUT2D eigenvalue weighted by Crippen LogP contribution is 2.19. The van der Waals surface area contributed by atoms with Gasteiger partial charge in [0.2, 0.25) is 5.78 Å². The number of nitrogens with zero attached hydrogens (tertiary/aromatic N) is 2. The van der Waals surface area contributed by atoms with Crippen LogP contribution >= 0.6 is 15.9 Å². The highest BCUT2D eigenvalue weighted by atomic mass is 79.9. The van der Waals surface area contributed by atoms with Crippen LogP contribution in [0.15, 0.2) is 53.0 Å². The fourth-order valence-electron chi connectivity index (χ4n) is 3.25. The second-order valence-corrected chi connectivity index (χ2v) is 7.61. The smallest absolute Gasteiger partial charge is 0.295 e. The van der Waals surface area contributed by atoms with Gasteiger partial charge in [-0.3, -0.25) is 14.4 Å². The predicted molar refractivity (Wildman–Crippen MR) is 107 cm³/mol. The van der Waals surface area contributed by atoms with Crippen LogP contribution in [0.4, 0.5) is 0 Å². The molecule has 1 atom stereocenters. The summed E-state index contributed by atoms with van der Waals surface area (Å²) in [4.78, 5) is 41.2. The van der Waals surface area contributed by atoms with Gasteiger partial charge in [-0.25, -0.2) is 0 Å². The van der Waals surface area contributed by atoms with E-state index in [1.807, 2.05) is 32.0 Å². The molecule has 0 spiro atoms. The lowest BCUT2D eigenvalue weighted by Crippen LogP contribution is -2.56. The second kappa shape index (κ2) is 8.05. The lowest BCUT2D eigenvalue weighted by molar-refractivity contribution is -0.130. The summed E-state index contributed by atoms with van der Waals surface area (Å²) >= 11 is 3.40. The summed E-state index contributed by atoms with van der Waals surface area (Å²) in [5, 5.41) is 0. The van der Waals surface area contributed by atoms with Crippen LogP contribution < -0.4 is 0 Å². The van der Waals surface area contributed by atoms with E-state index in [4.69, 9.17) is 0 Å². The molecule has 0 radical (unpaired) electrons. The van der Waals surface area contributed by atoms with Gasteiger partial charge in [-0.05, 0) is 49.7 Å². The molecule has 0 saturated carbocycles.